The van der Waals surface area contributed by atoms with E-state index in [-0.39, 0.29) is 5.54 Å². The summed E-state index contributed by atoms with van der Waals surface area (Å²) in [6.45, 7) is 7.99. The molecular formula is C11H23NO2. The number of hydrogen-bond donors (Lipinski definition) is 2. The van der Waals surface area contributed by atoms with E-state index < -0.39 is 11.6 Å². The predicted octanol–water partition coefficient (Wildman–Crippen LogP) is 2.17. The lowest BCUT2D eigenvalue weighted by Crippen LogP contribution is -2.64. The molecule has 1 aliphatic heterocycles. The first-order chi connectivity index (χ1) is 6.40. The van der Waals surface area contributed by atoms with Crippen molar-refractivity contribution in [1.82, 2.24) is 5.06 Å². The van der Waals surface area contributed by atoms with Crippen LogP contribution in [0, 0.1) is 0 Å². The van der Waals surface area contributed by atoms with Crippen molar-refractivity contribution in [2.45, 2.75) is 70.6 Å². The van der Waals surface area contributed by atoms with Crippen molar-refractivity contribution in [3.8, 4) is 0 Å². The largest absolute Gasteiger partial charge is 0.391 e. The van der Waals surface area contributed by atoms with E-state index in [4.69, 9.17) is 0 Å². The fourth-order valence-electron chi connectivity index (χ4n) is 2.52. The zero-order chi connectivity index (χ0) is 11.0. The molecule has 0 spiro atoms. The summed E-state index contributed by atoms with van der Waals surface area (Å²) in [6.07, 6.45) is 3.08. The van der Waals surface area contributed by atoms with Crippen LogP contribution >= 0.6 is 0 Å². The molecule has 1 unspecified atom stereocenters. The van der Waals surface area contributed by atoms with Crippen molar-refractivity contribution in [1.29, 1.82) is 0 Å². The van der Waals surface area contributed by atoms with E-state index in [0.29, 0.717) is 0 Å². The van der Waals surface area contributed by atoms with Crippen LogP contribution < -0.4 is 0 Å². The third-order valence-corrected chi connectivity index (χ3v) is 4.01. The van der Waals surface area contributed by atoms with Gasteiger partial charge in [-0.25, -0.2) is 0 Å². The van der Waals surface area contributed by atoms with E-state index in [1.54, 1.807) is 0 Å². The quantitative estimate of drug-likeness (QED) is 0.719. The molecule has 1 rings (SSSR count). The number of piperidine rings is 1. The first-order valence-electron chi connectivity index (χ1n) is 5.58. The number of aliphatic hydroxyl groups is 1. The van der Waals surface area contributed by atoms with E-state index >= 15 is 0 Å². The highest BCUT2D eigenvalue weighted by Gasteiger charge is 2.49. The summed E-state index contributed by atoms with van der Waals surface area (Å²) in [7, 11) is 0. The summed E-state index contributed by atoms with van der Waals surface area (Å²) >= 11 is 0. The van der Waals surface area contributed by atoms with Crippen LogP contribution in [0.4, 0.5) is 0 Å². The van der Waals surface area contributed by atoms with E-state index in [1.165, 1.54) is 5.06 Å². The molecule has 0 bridgehead atoms. The molecule has 0 radical (unpaired) electrons. The van der Waals surface area contributed by atoms with Gasteiger partial charge >= 0.3 is 0 Å². The lowest BCUT2D eigenvalue weighted by atomic mass is 9.75. The van der Waals surface area contributed by atoms with Crippen molar-refractivity contribution >= 4 is 0 Å². The third-order valence-electron chi connectivity index (χ3n) is 4.01. The first-order valence-corrected chi connectivity index (χ1v) is 5.58. The number of rotatable bonds is 2. The Kier molecular flexibility index (Phi) is 3.24. The molecule has 0 saturated carbocycles. The van der Waals surface area contributed by atoms with E-state index in [0.717, 1.165) is 25.7 Å². The maximum atomic E-state index is 10.2. The van der Waals surface area contributed by atoms with E-state index in [2.05, 4.69) is 13.8 Å². The Balaban J connectivity index is 2.94. The summed E-state index contributed by atoms with van der Waals surface area (Å²) in [5, 5.41) is 21.4. The molecule has 84 valence electrons. The first kappa shape index (κ1) is 12.0. The van der Waals surface area contributed by atoms with Crippen LogP contribution in [0.1, 0.15) is 53.4 Å². The van der Waals surface area contributed by atoms with Crippen molar-refractivity contribution in [3.05, 3.63) is 0 Å². The molecule has 0 aromatic heterocycles. The van der Waals surface area contributed by atoms with Gasteiger partial charge in [-0.2, -0.15) is 5.06 Å². The summed E-state index contributed by atoms with van der Waals surface area (Å²) < 4.78 is 0. The fourth-order valence-corrected chi connectivity index (χ4v) is 2.52. The van der Waals surface area contributed by atoms with Crippen molar-refractivity contribution in [2.75, 3.05) is 0 Å². The molecule has 3 nitrogen and oxygen atoms in total. The normalized spacial score (nSPS) is 31.7. The molecule has 1 atom stereocenters. The highest BCUT2D eigenvalue weighted by Crippen LogP contribution is 2.40. The monoisotopic (exact) mass is 201 g/mol. The predicted molar refractivity (Wildman–Crippen MR) is 56.3 cm³/mol. The Bertz CT molecular complexity index is 199. The molecule has 0 aromatic carbocycles. The molecule has 14 heavy (non-hydrogen) atoms. The van der Waals surface area contributed by atoms with Crippen molar-refractivity contribution in [2.24, 2.45) is 0 Å². The minimum atomic E-state index is -0.524. The lowest BCUT2D eigenvalue weighted by Gasteiger charge is -2.53. The van der Waals surface area contributed by atoms with Crippen LogP contribution in [0.15, 0.2) is 0 Å². The van der Waals surface area contributed by atoms with Gasteiger partial charge in [-0.1, -0.05) is 13.8 Å². The van der Waals surface area contributed by atoms with Gasteiger partial charge in [0.15, 0.2) is 0 Å². The zero-order valence-electron chi connectivity index (χ0n) is 9.75. The molecular weight excluding hydrogens is 178 g/mol. The van der Waals surface area contributed by atoms with E-state index in [1.807, 2.05) is 13.8 Å². The average molecular weight is 201 g/mol. The minimum Gasteiger partial charge on any atom is -0.391 e. The van der Waals surface area contributed by atoms with Crippen LogP contribution in [0.5, 0.6) is 0 Å². The Morgan fingerprint density at radius 1 is 1.29 bits per heavy atom. The van der Waals surface area contributed by atoms with Gasteiger partial charge in [-0.15, -0.1) is 0 Å². The summed E-state index contributed by atoms with van der Waals surface area (Å²) in [5.74, 6) is 0. The molecule has 1 fully saturated rings. The number of nitrogens with zero attached hydrogens (tertiary/aromatic N) is 1. The Morgan fingerprint density at radius 2 is 1.79 bits per heavy atom. The molecule has 0 amide bonds. The minimum absolute atomic E-state index is 0.136. The van der Waals surface area contributed by atoms with E-state index in [9.17, 15) is 10.3 Å². The molecule has 2 N–H and O–H groups in total. The molecule has 1 heterocycles. The van der Waals surface area contributed by atoms with Crippen LogP contribution in [0.25, 0.3) is 0 Å². The highest BCUT2D eigenvalue weighted by molar-refractivity contribution is 5.00. The van der Waals surface area contributed by atoms with Crippen LogP contribution in [0.3, 0.4) is 0 Å². The third kappa shape index (κ3) is 1.58. The second-order valence-corrected chi connectivity index (χ2v) is 4.95. The van der Waals surface area contributed by atoms with Crippen molar-refractivity contribution < 1.29 is 10.3 Å². The molecule has 1 saturated heterocycles. The maximum absolute atomic E-state index is 10.2. The SMILES string of the molecule is CCC1(CC)CCC(O)C(C)(C)N1O. The number of hydroxylamine groups is 2. The van der Waals surface area contributed by atoms with Gasteiger partial charge in [-0.3, -0.25) is 0 Å². The van der Waals surface area contributed by atoms with Crippen LogP contribution in [0.2, 0.25) is 0 Å². The second kappa shape index (κ2) is 3.80. The molecule has 1 aliphatic rings. The maximum Gasteiger partial charge on any atom is 0.0742 e. The average Bonchev–Trinajstić information content (AvgIpc) is 2.17. The van der Waals surface area contributed by atoms with Crippen molar-refractivity contribution in [3.63, 3.8) is 0 Å². The van der Waals surface area contributed by atoms with Gasteiger partial charge in [0, 0.05) is 5.54 Å². The zero-order valence-corrected chi connectivity index (χ0v) is 9.75. The summed E-state index contributed by atoms with van der Waals surface area (Å²) in [5.41, 5.74) is -0.660. The molecule has 0 aliphatic carbocycles. The van der Waals surface area contributed by atoms with Gasteiger partial charge in [0.2, 0.25) is 0 Å². The molecule has 0 aromatic rings. The Morgan fingerprint density at radius 3 is 2.21 bits per heavy atom. The van der Waals surface area contributed by atoms with Gasteiger partial charge < -0.3 is 10.3 Å². The smallest absolute Gasteiger partial charge is 0.0742 e. The van der Waals surface area contributed by atoms with Crippen LogP contribution in [-0.4, -0.2) is 32.6 Å². The second-order valence-electron chi connectivity index (χ2n) is 4.95. The van der Waals surface area contributed by atoms with Gasteiger partial charge in [0.1, 0.15) is 0 Å². The Labute approximate surface area is 86.7 Å². The summed E-state index contributed by atoms with van der Waals surface area (Å²) in [4.78, 5) is 0. The number of aliphatic hydroxyl groups excluding tert-OH is 1. The fraction of sp³-hybridized carbons (Fsp3) is 1.00. The standard InChI is InChI=1S/C11H23NO2/c1-5-11(6-2)8-7-9(13)10(3,4)12(11)14/h9,13-14H,5-8H2,1-4H3. The van der Waals surface area contributed by atoms with Gasteiger partial charge in [0.25, 0.3) is 0 Å². The Hall–Kier alpha value is -0.120. The molecule has 3 heteroatoms. The lowest BCUT2D eigenvalue weighted by molar-refractivity contribution is -0.280. The highest BCUT2D eigenvalue weighted by atomic mass is 16.5. The van der Waals surface area contributed by atoms with Crippen LogP contribution in [-0.2, 0) is 0 Å². The van der Waals surface area contributed by atoms with Gasteiger partial charge in [-0.05, 0) is 39.5 Å². The topological polar surface area (TPSA) is 43.7 Å². The number of hydrogen-bond acceptors (Lipinski definition) is 3. The summed E-state index contributed by atoms with van der Waals surface area (Å²) in [6, 6.07) is 0. The van der Waals surface area contributed by atoms with Gasteiger partial charge in [0.05, 0.1) is 11.6 Å².